The number of methoxy groups -OCH3 is 1. The average Bonchev–Trinajstić information content (AvgIpc) is 2.50. The first kappa shape index (κ1) is 21.0. The molecule has 0 unspecified atom stereocenters. The highest BCUT2D eigenvalue weighted by Gasteiger charge is 2.30. The number of carbonyl (C=O) groups excluding carboxylic acids is 2. The SMILES string of the molecule is COC(=O)[C@@H](CC(C)C)N(Cc1ccccc1)NC(=O)OC(C)(C)C. The van der Waals surface area contributed by atoms with Crippen LogP contribution in [0.4, 0.5) is 4.79 Å². The maximum atomic E-state index is 12.3. The molecule has 6 heteroatoms. The Balaban J connectivity index is 3.02. The summed E-state index contributed by atoms with van der Waals surface area (Å²) < 4.78 is 10.3. The number of amides is 1. The Morgan fingerprint density at radius 1 is 1.16 bits per heavy atom. The second-order valence-electron chi connectivity index (χ2n) is 7.40. The molecule has 6 nitrogen and oxygen atoms in total. The van der Waals surface area contributed by atoms with Crippen molar-refractivity contribution in [3.63, 3.8) is 0 Å². The Kier molecular flexibility index (Phi) is 7.90. The third-order valence-electron chi connectivity index (χ3n) is 3.37. The number of esters is 1. The molecule has 140 valence electrons. The van der Waals surface area contributed by atoms with Crippen LogP contribution in [0.5, 0.6) is 0 Å². The molecule has 0 aromatic heterocycles. The van der Waals surface area contributed by atoms with Crippen LogP contribution >= 0.6 is 0 Å². The van der Waals surface area contributed by atoms with Crippen molar-refractivity contribution in [1.82, 2.24) is 10.4 Å². The Labute approximate surface area is 150 Å². The number of benzene rings is 1. The van der Waals surface area contributed by atoms with Gasteiger partial charge in [-0.1, -0.05) is 44.2 Å². The smallest absolute Gasteiger partial charge is 0.422 e. The monoisotopic (exact) mass is 350 g/mol. The van der Waals surface area contributed by atoms with E-state index in [1.165, 1.54) is 7.11 Å². The van der Waals surface area contributed by atoms with Crippen LogP contribution in [0.15, 0.2) is 30.3 Å². The molecule has 25 heavy (non-hydrogen) atoms. The van der Waals surface area contributed by atoms with Crippen molar-refractivity contribution in [2.45, 2.75) is 59.2 Å². The lowest BCUT2D eigenvalue weighted by molar-refractivity contribution is -0.149. The van der Waals surface area contributed by atoms with Gasteiger partial charge in [-0.3, -0.25) is 10.2 Å². The third kappa shape index (κ3) is 8.03. The molecule has 0 aliphatic heterocycles. The molecule has 0 aliphatic carbocycles. The summed E-state index contributed by atoms with van der Waals surface area (Å²) in [7, 11) is 1.35. The van der Waals surface area contributed by atoms with Crippen molar-refractivity contribution in [3.05, 3.63) is 35.9 Å². The average molecular weight is 350 g/mol. The van der Waals surface area contributed by atoms with Gasteiger partial charge in [-0.25, -0.2) is 4.79 Å². The molecule has 0 fully saturated rings. The van der Waals surface area contributed by atoms with Crippen LogP contribution in [0.1, 0.15) is 46.6 Å². The molecule has 1 amide bonds. The van der Waals surface area contributed by atoms with E-state index in [0.717, 1.165) is 5.56 Å². The lowest BCUT2D eigenvalue weighted by Crippen LogP contribution is -2.53. The summed E-state index contributed by atoms with van der Waals surface area (Å²) in [6.07, 6.45) is -0.0453. The molecule has 1 aromatic rings. The molecule has 0 heterocycles. The van der Waals surface area contributed by atoms with Crippen LogP contribution in [-0.4, -0.2) is 35.8 Å². The summed E-state index contributed by atoms with van der Waals surface area (Å²) in [5, 5.41) is 1.59. The number of ether oxygens (including phenoxy) is 2. The van der Waals surface area contributed by atoms with Gasteiger partial charge in [0.05, 0.1) is 7.11 Å². The van der Waals surface area contributed by atoms with Gasteiger partial charge >= 0.3 is 12.1 Å². The maximum absolute atomic E-state index is 12.3. The van der Waals surface area contributed by atoms with Gasteiger partial charge in [0.2, 0.25) is 0 Å². The molecular weight excluding hydrogens is 320 g/mol. The van der Waals surface area contributed by atoms with Gasteiger partial charge in [0.1, 0.15) is 11.6 Å². The topological polar surface area (TPSA) is 67.9 Å². The van der Waals surface area contributed by atoms with Crippen LogP contribution in [0.2, 0.25) is 0 Å². The van der Waals surface area contributed by atoms with Crippen molar-refractivity contribution in [2.75, 3.05) is 7.11 Å². The highest BCUT2D eigenvalue weighted by molar-refractivity contribution is 5.76. The molecule has 1 rings (SSSR count). The largest absolute Gasteiger partial charge is 0.468 e. The fourth-order valence-corrected chi connectivity index (χ4v) is 2.36. The van der Waals surface area contributed by atoms with E-state index in [4.69, 9.17) is 9.47 Å². The van der Waals surface area contributed by atoms with E-state index in [9.17, 15) is 9.59 Å². The van der Waals surface area contributed by atoms with Crippen molar-refractivity contribution in [2.24, 2.45) is 5.92 Å². The molecular formula is C19H30N2O4. The zero-order valence-electron chi connectivity index (χ0n) is 16.0. The molecule has 0 radical (unpaired) electrons. The van der Waals surface area contributed by atoms with E-state index in [0.29, 0.717) is 13.0 Å². The molecule has 0 saturated carbocycles. The van der Waals surface area contributed by atoms with Gasteiger partial charge in [0, 0.05) is 6.54 Å². The number of hydrogen-bond donors (Lipinski definition) is 1. The molecule has 1 N–H and O–H groups in total. The quantitative estimate of drug-likeness (QED) is 0.602. The van der Waals surface area contributed by atoms with Gasteiger partial charge < -0.3 is 9.47 Å². The number of carbonyl (C=O) groups is 2. The summed E-state index contributed by atoms with van der Waals surface area (Å²) in [6, 6.07) is 9.02. The Hall–Kier alpha value is -2.08. The predicted octanol–water partition coefficient (Wildman–Crippen LogP) is 3.52. The van der Waals surface area contributed by atoms with Gasteiger partial charge in [-0.2, -0.15) is 5.01 Å². The maximum Gasteiger partial charge on any atom is 0.422 e. The van der Waals surface area contributed by atoms with E-state index in [-0.39, 0.29) is 11.9 Å². The number of hydrogen-bond acceptors (Lipinski definition) is 5. The molecule has 1 aromatic carbocycles. The first-order chi connectivity index (χ1) is 11.6. The van der Waals surface area contributed by atoms with Crippen LogP contribution in [0.25, 0.3) is 0 Å². The minimum absolute atomic E-state index is 0.253. The summed E-state index contributed by atoms with van der Waals surface area (Å²) in [5.41, 5.74) is 3.06. The summed E-state index contributed by atoms with van der Waals surface area (Å²) in [4.78, 5) is 24.5. The van der Waals surface area contributed by atoms with Crippen molar-refractivity contribution >= 4 is 12.1 Å². The van der Waals surface area contributed by atoms with Crippen LogP contribution in [0.3, 0.4) is 0 Å². The summed E-state index contributed by atoms with van der Waals surface area (Å²) in [5.74, 6) is -0.136. The molecule has 0 spiro atoms. The molecule has 1 atom stereocenters. The number of hydrazine groups is 1. The minimum Gasteiger partial charge on any atom is -0.468 e. The second-order valence-corrected chi connectivity index (χ2v) is 7.40. The van der Waals surface area contributed by atoms with Crippen molar-refractivity contribution < 1.29 is 19.1 Å². The standard InChI is InChI=1S/C19H30N2O4/c1-14(2)12-16(17(22)24-6)21(13-15-10-8-7-9-11-15)20-18(23)25-19(3,4)5/h7-11,14,16H,12-13H2,1-6H3,(H,20,23)/t16-/m1/s1. The molecule has 0 aliphatic rings. The van der Waals surface area contributed by atoms with E-state index in [2.05, 4.69) is 5.43 Å². The number of nitrogens with one attached hydrogen (secondary N) is 1. The summed E-state index contributed by atoms with van der Waals surface area (Å²) >= 11 is 0. The summed E-state index contributed by atoms with van der Waals surface area (Å²) in [6.45, 7) is 9.78. The first-order valence-electron chi connectivity index (χ1n) is 8.50. The second kappa shape index (κ2) is 9.42. The van der Waals surface area contributed by atoms with E-state index < -0.39 is 17.7 Å². The number of nitrogens with zero attached hydrogens (tertiary/aromatic N) is 1. The Morgan fingerprint density at radius 3 is 2.24 bits per heavy atom. The highest BCUT2D eigenvalue weighted by atomic mass is 16.6. The normalized spacial score (nSPS) is 12.8. The first-order valence-corrected chi connectivity index (χ1v) is 8.50. The highest BCUT2D eigenvalue weighted by Crippen LogP contribution is 2.16. The predicted molar refractivity (Wildman–Crippen MR) is 96.6 cm³/mol. The van der Waals surface area contributed by atoms with Gasteiger partial charge in [0.25, 0.3) is 0 Å². The third-order valence-corrected chi connectivity index (χ3v) is 3.37. The Morgan fingerprint density at radius 2 is 1.76 bits per heavy atom. The lowest BCUT2D eigenvalue weighted by Gasteiger charge is -2.32. The number of rotatable bonds is 7. The Bertz CT molecular complexity index is 552. The molecule has 0 saturated heterocycles. The van der Waals surface area contributed by atoms with Crippen LogP contribution in [0, 0.1) is 5.92 Å². The fraction of sp³-hybridized carbons (Fsp3) is 0.579. The molecule has 0 bridgehead atoms. The zero-order valence-corrected chi connectivity index (χ0v) is 16.0. The van der Waals surface area contributed by atoms with E-state index in [1.54, 1.807) is 25.8 Å². The fourth-order valence-electron chi connectivity index (χ4n) is 2.36. The van der Waals surface area contributed by atoms with E-state index >= 15 is 0 Å². The van der Waals surface area contributed by atoms with Crippen molar-refractivity contribution in [1.29, 1.82) is 0 Å². The van der Waals surface area contributed by atoms with Gasteiger partial charge in [0.15, 0.2) is 0 Å². The van der Waals surface area contributed by atoms with Crippen molar-refractivity contribution in [3.8, 4) is 0 Å². The zero-order chi connectivity index (χ0) is 19.0. The lowest BCUT2D eigenvalue weighted by atomic mass is 10.0. The van der Waals surface area contributed by atoms with Crippen LogP contribution in [-0.2, 0) is 20.8 Å². The minimum atomic E-state index is -0.624. The van der Waals surface area contributed by atoms with E-state index in [1.807, 2.05) is 44.2 Å². The van der Waals surface area contributed by atoms with Gasteiger partial charge in [-0.15, -0.1) is 0 Å². The van der Waals surface area contributed by atoms with Crippen LogP contribution < -0.4 is 5.43 Å². The van der Waals surface area contributed by atoms with Gasteiger partial charge in [-0.05, 0) is 38.7 Å².